The Morgan fingerprint density at radius 3 is 2.16 bits per heavy atom. The second-order valence-corrected chi connectivity index (χ2v) is 6.70. The molecule has 134 valence electrons. The Morgan fingerprint density at radius 1 is 0.960 bits per heavy atom. The summed E-state index contributed by atoms with van der Waals surface area (Å²) in [7, 11) is 3.14. The number of rotatable bonds is 6. The van der Waals surface area contributed by atoms with E-state index < -0.39 is 0 Å². The second kappa shape index (κ2) is 8.39. The Kier molecular flexibility index (Phi) is 6.48. The first kappa shape index (κ1) is 19.3. The average Bonchev–Trinajstić information content (AvgIpc) is 2.63. The molecule has 0 saturated heterocycles. The van der Waals surface area contributed by atoms with Crippen LogP contribution in [0.2, 0.25) is 0 Å². The molecule has 0 saturated carbocycles. The highest BCUT2D eigenvalue weighted by Gasteiger charge is 2.14. The highest BCUT2D eigenvalue weighted by atomic mass is 79.9. The molecule has 0 radical (unpaired) electrons. The minimum Gasteiger partial charge on any atom is -0.493 e. The normalized spacial score (nSPS) is 11.0. The van der Waals surface area contributed by atoms with E-state index in [9.17, 15) is 0 Å². The summed E-state index contributed by atoms with van der Waals surface area (Å²) in [5.74, 6) is 1.37. The van der Waals surface area contributed by atoms with Crippen LogP contribution in [0.15, 0.2) is 27.8 Å². The number of halogens is 1. The maximum atomic E-state index is 6.07. The molecule has 0 amide bonds. The zero-order chi connectivity index (χ0) is 18.6. The minimum atomic E-state index is 0.495. The number of hydrogen-bond donors (Lipinski definition) is 0. The number of hydrogen-bond acceptors (Lipinski definition) is 4. The lowest BCUT2D eigenvalue weighted by atomic mass is 9.95. The van der Waals surface area contributed by atoms with Crippen molar-refractivity contribution < 1.29 is 14.3 Å². The molecule has 0 aliphatic carbocycles. The number of nitrogens with zero attached hydrogens (tertiary/aromatic N) is 1. The van der Waals surface area contributed by atoms with Crippen LogP contribution in [0, 0.1) is 27.7 Å². The second-order valence-electron chi connectivity index (χ2n) is 5.91. The summed E-state index contributed by atoms with van der Waals surface area (Å²) < 4.78 is 12.7. The van der Waals surface area contributed by atoms with Crippen LogP contribution in [0.1, 0.15) is 33.4 Å². The van der Waals surface area contributed by atoms with Gasteiger partial charge in [-0.2, -0.15) is 0 Å². The van der Waals surface area contributed by atoms with Crippen molar-refractivity contribution in [2.75, 3.05) is 14.2 Å². The van der Waals surface area contributed by atoms with E-state index in [1.54, 1.807) is 13.3 Å². The number of ether oxygens (including phenoxy) is 2. The van der Waals surface area contributed by atoms with Crippen molar-refractivity contribution in [1.29, 1.82) is 0 Å². The van der Waals surface area contributed by atoms with Crippen molar-refractivity contribution >= 4 is 22.1 Å². The summed E-state index contributed by atoms with van der Waals surface area (Å²) in [6, 6.07) is 5.67. The quantitative estimate of drug-likeness (QED) is 0.486. The standard InChI is InChI=1S/C20H24BrNO3/c1-12-14(3)20(21)15(4)13(2)17(12)11-25-18-8-7-16(10-22-24-6)9-19(18)23-5/h7-10H,11H2,1-6H3. The minimum absolute atomic E-state index is 0.495. The summed E-state index contributed by atoms with van der Waals surface area (Å²) in [5, 5.41) is 3.77. The van der Waals surface area contributed by atoms with Crippen molar-refractivity contribution in [1.82, 2.24) is 0 Å². The Hall–Kier alpha value is -2.01. The van der Waals surface area contributed by atoms with Gasteiger partial charge in [0.05, 0.1) is 13.3 Å². The fourth-order valence-electron chi connectivity index (χ4n) is 2.71. The molecule has 0 spiro atoms. The van der Waals surface area contributed by atoms with E-state index in [-0.39, 0.29) is 0 Å². The molecule has 25 heavy (non-hydrogen) atoms. The summed E-state index contributed by atoms with van der Waals surface area (Å²) in [4.78, 5) is 4.71. The molecule has 0 aliphatic heterocycles. The molecule has 0 N–H and O–H groups in total. The van der Waals surface area contributed by atoms with Gasteiger partial charge < -0.3 is 14.3 Å². The van der Waals surface area contributed by atoms with E-state index in [0.29, 0.717) is 18.1 Å². The fourth-order valence-corrected chi connectivity index (χ4v) is 3.30. The van der Waals surface area contributed by atoms with Crippen LogP contribution in [-0.4, -0.2) is 20.4 Å². The highest BCUT2D eigenvalue weighted by Crippen LogP contribution is 2.33. The van der Waals surface area contributed by atoms with Crippen LogP contribution in [-0.2, 0) is 11.4 Å². The van der Waals surface area contributed by atoms with Gasteiger partial charge in [-0.15, -0.1) is 0 Å². The predicted octanol–water partition coefficient (Wildman–Crippen LogP) is 5.25. The third kappa shape index (κ3) is 4.15. The Balaban J connectivity index is 2.29. The van der Waals surface area contributed by atoms with Gasteiger partial charge in [-0.1, -0.05) is 21.1 Å². The van der Waals surface area contributed by atoms with Crippen LogP contribution in [0.4, 0.5) is 0 Å². The van der Waals surface area contributed by atoms with Crippen molar-refractivity contribution in [2.24, 2.45) is 5.16 Å². The molecule has 2 rings (SSSR count). The van der Waals surface area contributed by atoms with E-state index in [4.69, 9.17) is 14.3 Å². The maximum absolute atomic E-state index is 6.07. The van der Waals surface area contributed by atoms with Crippen LogP contribution < -0.4 is 9.47 Å². The highest BCUT2D eigenvalue weighted by molar-refractivity contribution is 9.10. The van der Waals surface area contributed by atoms with Gasteiger partial charge in [-0.25, -0.2) is 0 Å². The van der Waals surface area contributed by atoms with Gasteiger partial charge in [0.1, 0.15) is 13.7 Å². The van der Waals surface area contributed by atoms with Gasteiger partial charge in [-0.05, 0) is 73.7 Å². The smallest absolute Gasteiger partial charge is 0.161 e. The molecular formula is C20H24BrNO3. The topological polar surface area (TPSA) is 40.0 Å². The van der Waals surface area contributed by atoms with E-state index >= 15 is 0 Å². The molecule has 0 aromatic heterocycles. The van der Waals surface area contributed by atoms with E-state index in [0.717, 1.165) is 5.56 Å². The molecule has 5 heteroatoms. The van der Waals surface area contributed by atoms with Crippen LogP contribution in [0.25, 0.3) is 0 Å². The molecule has 0 unspecified atom stereocenters. The van der Waals surface area contributed by atoms with Crippen LogP contribution >= 0.6 is 15.9 Å². The molecule has 0 atom stereocenters. The van der Waals surface area contributed by atoms with Gasteiger partial charge in [0.15, 0.2) is 11.5 Å². The van der Waals surface area contributed by atoms with E-state index in [1.165, 1.54) is 39.4 Å². The summed E-state index contributed by atoms with van der Waals surface area (Å²) in [6.45, 7) is 9.01. The van der Waals surface area contributed by atoms with Gasteiger partial charge in [0, 0.05) is 10.0 Å². The Labute approximate surface area is 157 Å². The SMILES string of the molecule is CON=Cc1ccc(OCc2c(C)c(C)c(Br)c(C)c2C)c(OC)c1. The fraction of sp³-hybridized carbons (Fsp3) is 0.350. The first-order valence-corrected chi connectivity index (χ1v) is 8.82. The van der Waals surface area contributed by atoms with Gasteiger partial charge in [-0.3, -0.25) is 0 Å². The zero-order valence-corrected chi connectivity index (χ0v) is 17.2. The zero-order valence-electron chi connectivity index (χ0n) is 15.6. The van der Waals surface area contributed by atoms with Crippen molar-refractivity contribution in [3.05, 3.63) is 56.1 Å². The first-order chi connectivity index (χ1) is 11.9. The molecule has 0 heterocycles. The van der Waals surface area contributed by atoms with Gasteiger partial charge >= 0.3 is 0 Å². The Bertz CT molecular complexity index is 771. The molecule has 2 aromatic carbocycles. The third-order valence-electron chi connectivity index (χ3n) is 4.56. The molecule has 2 aromatic rings. The van der Waals surface area contributed by atoms with Gasteiger partial charge in [0.2, 0.25) is 0 Å². The lowest BCUT2D eigenvalue weighted by Crippen LogP contribution is -2.06. The molecule has 4 nitrogen and oxygen atoms in total. The monoisotopic (exact) mass is 405 g/mol. The maximum Gasteiger partial charge on any atom is 0.161 e. The van der Waals surface area contributed by atoms with Gasteiger partial charge in [0.25, 0.3) is 0 Å². The number of benzene rings is 2. The Morgan fingerprint density at radius 2 is 1.60 bits per heavy atom. The summed E-state index contributed by atoms with van der Waals surface area (Å²) in [6.07, 6.45) is 1.63. The lowest BCUT2D eigenvalue weighted by Gasteiger charge is -2.19. The largest absolute Gasteiger partial charge is 0.493 e. The van der Waals surface area contributed by atoms with Crippen molar-refractivity contribution in [3.8, 4) is 11.5 Å². The van der Waals surface area contributed by atoms with E-state index in [1.807, 2.05) is 18.2 Å². The molecule has 0 fully saturated rings. The van der Waals surface area contributed by atoms with Crippen molar-refractivity contribution in [3.63, 3.8) is 0 Å². The third-order valence-corrected chi connectivity index (χ3v) is 5.75. The summed E-state index contributed by atoms with van der Waals surface area (Å²) >= 11 is 3.68. The number of oxime groups is 1. The van der Waals surface area contributed by atoms with Crippen molar-refractivity contribution in [2.45, 2.75) is 34.3 Å². The van der Waals surface area contributed by atoms with Crippen LogP contribution in [0.5, 0.6) is 11.5 Å². The molecule has 0 bridgehead atoms. The first-order valence-electron chi connectivity index (χ1n) is 8.02. The number of methoxy groups -OCH3 is 1. The van der Waals surface area contributed by atoms with E-state index in [2.05, 4.69) is 48.8 Å². The summed E-state index contributed by atoms with van der Waals surface area (Å²) in [5.41, 5.74) is 7.09. The predicted molar refractivity (Wildman–Crippen MR) is 105 cm³/mol. The average molecular weight is 406 g/mol. The lowest BCUT2D eigenvalue weighted by molar-refractivity contribution is 0.215. The van der Waals surface area contributed by atoms with Crippen LogP contribution in [0.3, 0.4) is 0 Å². The molecule has 0 aliphatic rings. The molecular weight excluding hydrogens is 382 g/mol.